The van der Waals surface area contributed by atoms with Gasteiger partial charge in [0.2, 0.25) is 5.67 Å². The number of rotatable bonds is 3. The van der Waals surface area contributed by atoms with Crippen LogP contribution in [-0.4, -0.2) is 46.9 Å². The van der Waals surface area contributed by atoms with Crippen molar-refractivity contribution >= 4 is 23.6 Å². The standard InChI is InChI=1S/C13H13F2NO3S/c1-20-10-6-8(2-3-9(10)14)11(17)16-5-4-13(15,7-16)12(18)19/h2-3,6H,4-5,7H2,1H3,(H,18,19). The van der Waals surface area contributed by atoms with Gasteiger partial charge < -0.3 is 10.0 Å². The summed E-state index contributed by atoms with van der Waals surface area (Å²) in [4.78, 5) is 24.4. The molecule has 20 heavy (non-hydrogen) atoms. The van der Waals surface area contributed by atoms with E-state index in [-0.39, 0.29) is 18.5 Å². The van der Waals surface area contributed by atoms with E-state index in [0.717, 1.165) is 16.7 Å². The van der Waals surface area contributed by atoms with Gasteiger partial charge in [-0.25, -0.2) is 13.6 Å². The maximum Gasteiger partial charge on any atom is 0.343 e. The van der Waals surface area contributed by atoms with Crippen LogP contribution >= 0.6 is 11.8 Å². The fourth-order valence-electron chi connectivity index (χ4n) is 2.10. The molecule has 1 amide bonds. The molecule has 0 spiro atoms. The Morgan fingerprint density at radius 2 is 2.15 bits per heavy atom. The van der Waals surface area contributed by atoms with Gasteiger partial charge in [0.15, 0.2) is 0 Å². The molecule has 1 saturated heterocycles. The first-order valence-corrected chi connectivity index (χ1v) is 7.15. The van der Waals surface area contributed by atoms with Crippen molar-refractivity contribution in [3.63, 3.8) is 0 Å². The highest BCUT2D eigenvalue weighted by atomic mass is 32.2. The average molecular weight is 301 g/mol. The van der Waals surface area contributed by atoms with Gasteiger partial charge in [-0.05, 0) is 24.5 Å². The summed E-state index contributed by atoms with van der Waals surface area (Å²) >= 11 is 1.16. The van der Waals surface area contributed by atoms with Gasteiger partial charge in [0.25, 0.3) is 5.91 Å². The van der Waals surface area contributed by atoms with Crippen molar-refractivity contribution in [3.8, 4) is 0 Å². The monoisotopic (exact) mass is 301 g/mol. The molecule has 1 aliphatic rings. The lowest BCUT2D eigenvalue weighted by Crippen LogP contribution is -2.38. The Morgan fingerprint density at radius 3 is 2.70 bits per heavy atom. The maximum absolute atomic E-state index is 13.9. The Morgan fingerprint density at radius 1 is 1.45 bits per heavy atom. The third-order valence-electron chi connectivity index (χ3n) is 3.29. The first kappa shape index (κ1) is 14.8. The van der Waals surface area contributed by atoms with Gasteiger partial charge in [-0.15, -0.1) is 11.8 Å². The largest absolute Gasteiger partial charge is 0.479 e. The molecule has 1 aliphatic heterocycles. The normalized spacial score (nSPS) is 22.1. The first-order chi connectivity index (χ1) is 9.37. The van der Waals surface area contributed by atoms with Crippen LogP contribution in [-0.2, 0) is 4.79 Å². The van der Waals surface area contributed by atoms with Crippen molar-refractivity contribution in [2.24, 2.45) is 0 Å². The topological polar surface area (TPSA) is 57.6 Å². The molecule has 4 nitrogen and oxygen atoms in total. The second-order valence-corrected chi connectivity index (χ2v) is 5.44. The third kappa shape index (κ3) is 2.63. The van der Waals surface area contributed by atoms with E-state index in [9.17, 15) is 18.4 Å². The zero-order valence-corrected chi connectivity index (χ0v) is 11.5. The molecule has 0 aliphatic carbocycles. The van der Waals surface area contributed by atoms with Crippen LogP contribution in [0, 0.1) is 5.82 Å². The van der Waals surface area contributed by atoms with Crippen molar-refractivity contribution in [3.05, 3.63) is 29.6 Å². The van der Waals surface area contributed by atoms with Crippen molar-refractivity contribution in [2.45, 2.75) is 17.0 Å². The predicted molar refractivity (Wildman–Crippen MR) is 70.2 cm³/mol. The molecular formula is C13H13F2NO3S. The van der Waals surface area contributed by atoms with Gasteiger partial charge in [0, 0.05) is 23.4 Å². The molecule has 1 atom stereocenters. The summed E-state index contributed by atoms with van der Waals surface area (Å²) in [5, 5.41) is 8.80. The van der Waals surface area contributed by atoms with E-state index in [1.807, 2.05) is 0 Å². The number of amides is 1. The summed E-state index contributed by atoms with van der Waals surface area (Å²) < 4.78 is 27.3. The quantitative estimate of drug-likeness (QED) is 0.870. The van der Waals surface area contributed by atoms with Crippen molar-refractivity contribution in [1.82, 2.24) is 4.90 Å². The van der Waals surface area contributed by atoms with Crippen molar-refractivity contribution in [1.29, 1.82) is 0 Å². The molecule has 7 heteroatoms. The molecule has 1 N–H and O–H groups in total. The number of alkyl halides is 1. The number of nitrogens with zero attached hydrogens (tertiary/aromatic N) is 1. The highest BCUT2D eigenvalue weighted by molar-refractivity contribution is 7.98. The summed E-state index contributed by atoms with van der Waals surface area (Å²) in [6.07, 6.45) is 1.45. The minimum absolute atomic E-state index is 0.0353. The number of benzene rings is 1. The van der Waals surface area contributed by atoms with Crippen LogP contribution in [0.1, 0.15) is 16.8 Å². The summed E-state index contributed by atoms with van der Waals surface area (Å²) in [7, 11) is 0. The molecule has 108 valence electrons. The van der Waals surface area contributed by atoms with E-state index in [1.54, 1.807) is 6.26 Å². The molecule has 2 rings (SSSR count). The van der Waals surface area contributed by atoms with Gasteiger partial charge in [-0.3, -0.25) is 4.79 Å². The molecular weight excluding hydrogens is 288 g/mol. The van der Waals surface area contributed by atoms with Crippen LogP contribution in [0.3, 0.4) is 0 Å². The van der Waals surface area contributed by atoms with E-state index in [0.29, 0.717) is 4.90 Å². The minimum atomic E-state index is -2.39. The smallest absolute Gasteiger partial charge is 0.343 e. The number of aliphatic carboxylic acids is 1. The Labute approximate surface area is 118 Å². The Kier molecular flexibility index (Phi) is 3.99. The van der Waals surface area contributed by atoms with E-state index in [2.05, 4.69) is 0 Å². The van der Waals surface area contributed by atoms with E-state index in [1.165, 1.54) is 18.2 Å². The lowest BCUT2D eigenvalue weighted by atomic mass is 10.1. The summed E-state index contributed by atoms with van der Waals surface area (Å²) in [5.74, 6) is -2.47. The number of carbonyl (C=O) groups is 2. The van der Waals surface area contributed by atoms with Crippen molar-refractivity contribution < 1.29 is 23.5 Å². The maximum atomic E-state index is 13.9. The van der Waals surface area contributed by atoms with Crippen LogP contribution in [0.2, 0.25) is 0 Å². The second-order valence-electron chi connectivity index (χ2n) is 4.60. The zero-order valence-electron chi connectivity index (χ0n) is 10.7. The van der Waals surface area contributed by atoms with E-state index < -0.39 is 29.9 Å². The van der Waals surface area contributed by atoms with Crippen LogP contribution in [0.4, 0.5) is 8.78 Å². The van der Waals surface area contributed by atoms with Crippen molar-refractivity contribution in [2.75, 3.05) is 19.3 Å². The highest BCUT2D eigenvalue weighted by Crippen LogP contribution is 2.28. The Balaban J connectivity index is 2.19. The lowest BCUT2D eigenvalue weighted by molar-refractivity contribution is -0.149. The minimum Gasteiger partial charge on any atom is -0.479 e. The SMILES string of the molecule is CSc1cc(C(=O)N2CCC(F)(C(=O)O)C2)ccc1F. The number of halogens is 2. The van der Waals surface area contributed by atoms with E-state index >= 15 is 0 Å². The molecule has 0 bridgehead atoms. The fraction of sp³-hybridized carbons (Fsp3) is 0.385. The van der Waals surface area contributed by atoms with Gasteiger partial charge in [0.1, 0.15) is 5.82 Å². The molecule has 1 aromatic rings. The first-order valence-electron chi connectivity index (χ1n) is 5.92. The molecule has 0 radical (unpaired) electrons. The number of carboxylic acids is 1. The van der Waals surface area contributed by atoms with Gasteiger partial charge >= 0.3 is 5.97 Å². The third-order valence-corrected chi connectivity index (χ3v) is 4.04. The zero-order chi connectivity index (χ0) is 14.9. The number of carboxylic acid groups (broad SMARTS) is 1. The van der Waals surface area contributed by atoms with Gasteiger partial charge in [0.05, 0.1) is 6.54 Å². The lowest BCUT2D eigenvalue weighted by Gasteiger charge is -2.18. The van der Waals surface area contributed by atoms with Gasteiger partial charge in [-0.2, -0.15) is 0 Å². The second kappa shape index (κ2) is 5.40. The molecule has 1 unspecified atom stereocenters. The Hall–Kier alpha value is -1.63. The van der Waals surface area contributed by atoms with Crippen LogP contribution in [0.25, 0.3) is 0 Å². The highest BCUT2D eigenvalue weighted by Gasteiger charge is 2.47. The fourth-order valence-corrected chi connectivity index (χ4v) is 2.60. The van der Waals surface area contributed by atoms with Crippen LogP contribution in [0.15, 0.2) is 23.1 Å². The predicted octanol–water partition coefficient (Wildman–Crippen LogP) is 2.19. The molecule has 0 saturated carbocycles. The van der Waals surface area contributed by atoms with Crippen LogP contribution < -0.4 is 0 Å². The number of hydrogen-bond acceptors (Lipinski definition) is 3. The number of likely N-dealkylation sites (tertiary alicyclic amines) is 1. The van der Waals surface area contributed by atoms with Crippen LogP contribution in [0.5, 0.6) is 0 Å². The summed E-state index contributed by atoms with van der Waals surface area (Å²) in [6.45, 7) is -0.444. The molecule has 1 heterocycles. The van der Waals surface area contributed by atoms with Gasteiger partial charge in [-0.1, -0.05) is 0 Å². The Bertz CT molecular complexity index is 567. The molecule has 1 aromatic carbocycles. The molecule has 1 fully saturated rings. The summed E-state index contributed by atoms with van der Waals surface area (Å²) in [6, 6.07) is 3.88. The number of hydrogen-bond donors (Lipinski definition) is 1. The number of carbonyl (C=O) groups excluding carboxylic acids is 1. The summed E-state index contributed by atoms with van der Waals surface area (Å²) in [5.41, 5.74) is -2.16. The number of thioether (sulfide) groups is 1. The average Bonchev–Trinajstić information content (AvgIpc) is 2.82. The molecule has 0 aromatic heterocycles. The van der Waals surface area contributed by atoms with E-state index in [4.69, 9.17) is 5.11 Å².